The number of nitrogens with zero attached hydrogens (tertiary/aromatic N) is 3. The third-order valence-electron chi connectivity index (χ3n) is 8.30. The quantitative estimate of drug-likeness (QED) is 0.551. The number of hydrogen-bond acceptors (Lipinski definition) is 5. The molecule has 8 nitrogen and oxygen atoms in total. The predicted molar refractivity (Wildman–Crippen MR) is 159 cm³/mol. The second kappa shape index (κ2) is 13.5. The Morgan fingerprint density at radius 3 is 2.30 bits per heavy atom. The van der Waals surface area contributed by atoms with E-state index in [9.17, 15) is 14.4 Å². The van der Waals surface area contributed by atoms with Gasteiger partial charge in [-0.1, -0.05) is 36.9 Å². The molecule has 2 heterocycles. The van der Waals surface area contributed by atoms with Crippen LogP contribution in [0.15, 0.2) is 42.5 Å². The molecule has 3 aliphatic rings. The van der Waals surface area contributed by atoms with Gasteiger partial charge < -0.3 is 25.3 Å². The van der Waals surface area contributed by atoms with E-state index >= 15 is 0 Å². The van der Waals surface area contributed by atoms with Gasteiger partial charge in [0.1, 0.15) is 0 Å². The normalized spacial score (nSPS) is 19.1. The van der Waals surface area contributed by atoms with Gasteiger partial charge in [0.05, 0.1) is 11.4 Å². The molecule has 2 aromatic rings. The maximum atomic E-state index is 13.4. The standard InChI is InChI=1S/C31H40ClN5O3/c32-26-10-4-9-24(21-26)30(39)37-17-6-16-35(19-20-37)28-12-11-25(31(40)36-15-5-13-33-14-18-36)22-27(28)34-29(38)23-7-2-1-3-8-23/h4,9-12,21-23,33H,1-3,5-8,13-20H2,(H,34,38). The lowest BCUT2D eigenvalue weighted by Crippen LogP contribution is -2.36. The monoisotopic (exact) mass is 565 g/mol. The van der Waals surface area contributed by atoms with E-state index in [1.807, 2.05) is 28.0 Å². The fraction of sp³-hybridized carbons (Fsp3) is 0.516. The zero-order valence-electron chi connectivity index (χ0n) is 23.2. The van der Waals surface area contributed by atoms with Crippen molar-refractivity contribution in [2.24, 2.45) is 5.92 Å². The van der Waals surface area contributed by atoms with E-state index in [1.165, 1.54) is 6.42 Å². The molecule has 1 saturated carbocycles. The fourth-order valence-corrected chi connectivity index (χ4v) is 6.23. The molecule has 3 amide bonds. The van der Waals surface area contributed by atoms with Gasteiger partial charge in [0.15, 0.2) is 0 Å². The summed E-state index contributed by atoms with van der Waals surface area (Å²) in [4.78, 5) is 45.9. The molecular formula is C31H40ClN5O3. The van der Waals surface area contributed by atoms with Crippen molar-refractivity contribution in [1.82, 2.24) is 15.1 Å². The van der Waals surface area contributed by atoms with Crippen LogP contribution in [0.5, 0.6) is 0 Å². The summed E-state index contributed by atoms with van der Waals surface area (Å²) >= 11 is 6.13. The zero-order valence-corrected chi connectivity index (χ0v) is 23.9. The van der Waals surface area contributed by atoms with Gasteiger partial charge in [-0.15, -0.1) is 0 Å². The molecule has 40 heavy (non-hydrogen) atoms. The first kappa shape index (κ1) is 28.4. The van der Waals surface area contributed by atoms with Gasteiger partial charge in [-0.2, -0.15) is 0 Å². The summed E-state index contributed by atoms with van der Waals surface area (Å²) in [5.74, 6) is 0.0188. The third kappa shape index (κ3) is 6.96. The van der Waals surface area contributed by atoms with Gasteiger partial charge in [-0.3, -0.25) is 14.4 Å². The van der Waals surface area contributed by atoms with E-state index in [-0.39, 0.29) is 23.6 Å². The minimum Gasteiger partial charge on any atom is -0.368 e. The molecule has 2 aromatic carbocycles. The number of halogens is 1. The molecule has 0 aromatic heterocycles. The van der Waals surface area contributed by atoms with Crippen molar-refractivity contribution < 1.29 is 14.4 Å². The fourth-order valence-electron chi connectivity index (χ4n) is 6.04. The Balaban J connectivity index is 1.36. The van der Waals surface area contributed by atoms with Gasteiger partial charge in [0, 0.05) is 67.9 Å². The smallest absolute Gasteiger partial charge is 0.253 e. The zero-order chi connectivity index (χ0) is 27.9. The van der Waals surface area contributed by atoms with Crippen LogP contribution in [0, 0.1) is 5.92 Å². The molecule has 1 aliphatic carbocycles. The summed E-state index contributed by atoms with van der Waals surface area (Å²) in [7, 11) is 0. The van der Waals surface area contributed by atoms with Gasteiger partial charge in [0.2, 0.25) is 5.91 Å². The van der Waals surface area contributed by atoms with Crippen LogP contribution in [-0.4, -0.2) is 79.9 Å². The Bertz CT molecular complexity index is 1210. The highest BCUT2D eigenvalue weighted by molar-refractivity contribution is 6.31. The van der Waals surface area contributed by atoms with Gasteiger partial charge in [-0.05, 0) is 68.6 Å². The molecule has 214 valence electrons. The lowest BCUT2D eigenvalue weighted by Gasteiger charge is -2.28. The number of carbonyl (C=O) groups excluding carboxylic acids is 3. The first-order valence-corrected chi connectivity index (χ1v) is 15.1. The van der Waals surface area contributed by atoms with E-state index in [0.29, 0.717) is 48.0 Å². The van der Waals surface area contributed by atoms with Crippen molar-refractivity contribution in [2.45, 2.75) is 44.9 Å². The Hall–Kier alpha value is -3.10. The maximum absolute atomic E-state index is 13.4. The number of nitrogens with one attached hydrogen (secondary N) is 2. The highest BCUT2D eigenvalue weighted by Crippen LogP contribution is 2.32. The summed E-state index contributed by atoms with van der Waals surface area (Å²) < 4.78 is 0. The van der Waals surface area contributed by atoms with Crippen molar-refractivity contribution in [3.05, 3.63) is 58.6 Å². The van der Waals surface area contributed by atoms with Crippen molar-refractivity contribution in [3.63, 3.8) is 0 Å². The Morgan fingerprint density at radius 2 is 1.50 bits per heavy atom. The van der Waals surface area contributed by atoms with Crippen LogP contribution in [0.2, 0.25) is 5.02 Å². The van der Waals surface area contributed by atoms with Crippen LogP contribution in [0.3, 0.4) is 0 Å². The lowest BCUT2D eigenvalue weighted by molar-refractivity contribution is -0.120. The van der Waals surface area contributed by atoms with Crippen LogP contribution < -0.4 is 15.5 Å². The Kier molecular flexibility index (Phi) is 9.60. The largest absolute Gasteiger partial charge is 0.368 e. The molecule has 3 fully saturated rings. The van der Waals surface area contributed by atoms with Crippen LogP contribution in [-0.2, 0) is 4.79 Å². The number of anilines is 2. The summed E-state index contributed by atoms with van der Waals surface area (Å²) in [5.41, 5.74) is 2.77. The highest BCUT2D eigenvalue weighted by Gasteiger charge is 2.26. The number of benzene rings is 2. The number of carbonyl (C=O) groups is 3. The minimum atomic E-state index is -0.0249. The topological polar surface area (TPSA) is 85.0 Å². The van der Waals surface area contributed by atoms with Gasteiger partial charge in [0.25, 0.3) is 11.8 Å². The molecule has 2 saturated heterocycles. The molecule has 9 heteroatoms. The molecule has 0 spiro atoms. The number of amides is 3. The average Bonchev–Trinajstić information content (AvgIpc) is 3.41. The second-order valence-electron chi connectivity index (χ2n) is 11.1. The summed E-state index contributed by atoms with van der Waals surface area (Å²) in [5, 5.41) is 7.11. The van der Waals surface area contributed by atoms with Crippen LogP contribution in [0.4, 0.5) is 11.4 Å². The van der Waals surface area contributed by atoms with E-state index in [1.54, 1.807) is 24.3 Å². The van der Waals surface area contributed by atoms with Crippen molar-refractivity contribution in [1.29, 1.82) is 0 Å². The molecular weight excluding hydrogens is 526 g/mol. The molecule has 5 rings (SSSR count). The summed E-state index contributed by atoms with van der Waals surface area (Å²) in [6.07, 6.45) is 6.87. The number of rotatable bonds is 5. The number of hydrogen-bond donors (Lipinski definition) is 2. The average molecular weight is 566 g/mol. The summed E-state index contributed by atoms with van der Waals surface area (Å²) in [6.45, 7) is 5.67. The van der Waals surface area contributed by atoms with Crippen molar-refractivity contribution >= 4 is 40.7 Å². The Labute approximate surface area is 242 Å². The third-order valence-corrected chi connectivity index (χ3v) is 8.54. The molecule has 0 unspecified atom stereocenters. The maximum Gasteiger partial charge on any atom is 0.253 e. The minimum absolute atomic E-state index is 0.00224. The summed E-state index contributed by atoms with van der Waals surface area (Å²) in [6, 6.07) is 12.8. The molecule has 2 aliphatic heterocycles. The van der Waals surface area contributed by atoms with Crippen LogP contribution in [0.25, 0.3) is 0 Å². The van der Waals surface area contributed by atoms with E-state index in [4.69, 9.17) is 11.6 Å². The SMILES string of the molecule is O=C(Nc1cc(C(=O)N2CCCNCC2)ccc1N1CCCN(C(=O)c2cccc(Cl)c2)CC1)C1CCCCC1. The highest BCUT2D eigenvalue weighted by atomic mass is 35.5. The van der Waals surface area contributed by atoms with Crippen molar-refractivity contribution in [3.8, 4) is 0 Å². The van der Waals surface area contributed by atoms with E-state index in [0.717, 1.165) is 70.4 Å². The van der Waals surface area contributed by atoms with E-state index < -0.39 is 0 Å². The second-order valence-corrected chi connectivity index (χ2v) is 11.5. The van der Waals surface area contributed by atoms with Crippen LogP contribution >= 0.6 is 11.6 Å². The lowest BCUT2D eigenvalue weighted by atomic mass is 9.88. The van der Waals surface area contributed by atoms with Crippen LogP contribution in [0.1, 0.15) is 65.7 Å². The molecule has 0 bridgehead atoms. The predicted octanol–water partition coefficient (Wildman–Crippen LogP) is 4.65. The van der Waals surface area contributed by atoms with Gasteiger partial charge >= 0.3 is 0 Å². The first-order valence-electron chi connectivity index (χ1n) is 14.7. The van der Waals surface area contributed by atoms with Gasteiger partial charge in [-0.25, -0.2) is 0 Å². The first-order chi connectivity index (χ1) is 19.5. The Morgan fingerprint density at radius 1 is 0.750 bits per heavy atom. The molecule has 0 atom stereocenters. The van der Waals surface area contributed by atoms with E-state index in [2.05, 4.69) is 15.5 Å². The molecule has 0 radical (unpaired) electrons. The molecule has 2 N–H and O–H groups in total. The van der Waals surface area contributed by atoms with Crippen molar-refractivity contribution in [2.75, 3.05) is 62.6 Å².